The van der Waals surface area contributed by atoms with Gasteiger partial charge in [-0.15, -0.1) is 0 Å². The molecule has 0 saturated carbocycles. The molecule has 1 aliphatic rings. The monoisotopic (exact) mass is 364 g/mol. The van der Waals surface area contributed by atoms with Crippen LogP contribution in [0.3, 0.4) is 0 Å². The number of aromatic carboxylic acids is 1. The first-order chi connectivity index (χ1) is 13.1. The summed E-state index contributed by atoms with van der Waals surface area (Å²) >= 11 is 0. The van der Waals surface area contributed by atoms with Gasteiger partial charge in [0.15, 0.2) is 0 Å². The fourth-order valence-corrected chi connectivity index (χ4v) is 3.16. The number of benzene rings is 1. The van der Waals surface area contributed by atoms with Crippen LogP contribution in [-0.2, 0) is 0 Å². The summed E-state index contributed by atoms with van der Waals surface area (Å²) in [5.74, 6) is -0.822. The lowest BCUT2D eigenvalue weighted by Crippen LogP contribution is -2.20. The molecule has 0 aliphatic carbocycles. The van der Waals surface area contributed by atoms with Crippen molar-refractivity contribution in [1.82, 2.24) is 15.0 Å². The fraction of sp³-hybridized carbons (Fsp3) is 0.200. The molecular formula is C20H17FN4O2. The Bertz CT molecular complexity index is 1030. The molecule has 0 bridgehead atoms. The predicted molar refractivity (Wildman–Crippen MR) is 101 cm³/mol. The average Bonchev–Trinajstić information content (AvgIpc) is 3.20. The first-order valence-electron chi connectivity index (χ1n) is 8.69. The first kappa shape index (κ1) is 17.1. The van der Waals surface area contributed by atoms with Crippen molar-refractivity contribution < 1.29 is 14.3 Å². The smallest absolute Gasteiger partial charge is 0.336 e. The number of carboxylic acids is 1. The van der Waals surface area contributed by atoms with Gasteiger partial charge in [0.1, 0.15) is 5.82 Å². The Balaban J connectivity index is 1.63. The highest BCUT2D eigenvalue weighted by molar-refractivity contribution is 6.03. The third-order valence-corrected chi connectivity index (χ3v) is 4.52. The van der Waals surface area contributed by atoms with Gasteiger partial charge in [-0.05, 0) is 43.2 Å². The van der Waals surface area contributed by atoms with Crippen molar-refractivity contribution in [3.63, 3.8) is 0 Å². The molecule has 0 amide bonds. The van der Waals surface area contributed by atoms with E-state index < -0.39 is 11.8 Å². The van der Waals surface area contributed by atoms with Gasteiger partial charge in [-0.25, -0.2) is 24.1 Å². The summed E-state index contributed by atoms with van der Waals surface area (Å²) in [5.41, 5.74) is 1.58. The second-order valence-corrected chi connectivity index (χ2v) is 6.41. The van der Waals surface area contributed by atoms with E-state index in [0.29, 0.717) is 16.6 Å². The van der Waals surface area contributed by atoms with Gasteiger partial charge < -0.3 is 10.0 Å². The summed E-state index contributed by atoms with van der Waals surface area (Å²) in [7, 11) is 0. The average molecular weight is 364 g/mol. The summed E-state index contributed by atoms with van der Waals surface area (Å²) in [5, 5.41) is 9.83. The maximum Gasteiger partial charge on any atom is 0.336 e. The number of aromatic nitrogens is 3. The van der Waals surface area contributed by atoms with Crippen LogP contribution in [0.2, 0.25) is 0 Å². The van der Waals surface area contributed by atoms with Crippen LogP contribution in [-0.4, -0.2) is 39.1 Å². The third kappa shape index (κ3) is 3.62. The maximum atomic E-state index is 13.5. The van der Waals surface area contributed by atoms with Crippen LogP contribution >= 0.6 is 0 Å². The molecule has 2 aromatic heterocycles. The summed E-state index contributed by atoms with van der Waals surface area (Å²) < 4.78 is 13.5. The van der Waals surface area contributed by atoms with Crippen LogP contribution in [0, 0.1) is 5.82 Å². The van der Waals surface area contributed by atoms with Crippen molar-refractivity contribution in [2.24, 2.45) is 0 Å². The Morgan fingerprint density at radius 1 is 1.11 bits per heavy atom. The van der Waals surface area contributed by atoms with Crippen LogP contribution in [0.5, 0.6) is 0 Å². The first-order valence-corrected chi connectivity index (χ1v) is 8.69. The molecule has 0 spiro atoms. The molecule has 4 rings (SSSR count). The second kappa shape index (κ2) is 7.11. The Morgan fingerprint density at radius 3 is 2.56 bits per heavy atom. The molecule has 3 heterocycles. The molecule has 1 aliphatic heterocycles. The minimum Gasteiger partial charge on any atom is -0.478 e. The topological polar surface area (TPSA) is 79.2 Å². The maximum absolute atomic E-state index is 13.5. The van der Waals surface area contributed by atoms with Crippen LogP contribution in [0.25, 0.3) is 23.1 Å². The Kier molecular flexibility index (Phi) is 4.50. The Morgan fingerprint density at radius 2 is 1.85 bits per heavy atom. The van der Waals surface area contributed by atoms with E-state index in [0.717, 1.165) is 37.4 Å². The zero-order valence-corrected chi connectivity index (χ0v) is 14.5. The fourth-order valence-electron chi connectivity index (χ4n) is 3.16. The molecule has 0 atom stereocenters. The number of carboxylic acid groups (broad SMARTS) is 1. The standard InChI is InChI=1S/C20H17FN4O2/c21-14-4-6-16-17(19(26)27)10-15(24-18(16)9-14)5-3-13-11-22-20(23-12-13)25-7-1-2-8-25/h3-6,9-12H,1-2,7-8H2,(H,26,27). The largest absolute Gasteiger partial charge is 0.478 e. The number of anilines is 1. The highest BCUT2D eigenvalue weighted by Crippen LogP contribution is 2.21. The van der Waals surface area contributed by atoms with E-state index in [1.165, 1.54) is 24.3 Å². The minimum absolute atomic E-state index is 0.0836. The Labute approximate surface area is 155 Å². The van der Waals surface area contributed by atoms with Gasteiger partial charge in [-0.2, -0.15) is 0 Å². The molecule has 1 saturated heterocycles. The van der Waals surface area contributed by atoms with Gasteiger partial charge in [-0.3, -0.25) is 0 Å². The lowest BCUT2D eigenvalue weighted by atomic mass is 10.1. The number of halogens is 1. The molecule has 0 radical (unpaired) electrons. The van der Waals surface area contributed by atoms with Crippen molar-refractivity contribution in [2.45, 2.75) is 12.8 Å². The molecular weight excluding hydrogens is 347 g/mol. The van der Waals surface area contributed by atoms with E-state index in [4.69, 9.17) is 0 Å². The molecule has 136 valence electrons. The summed E-state index contributed by atoms with van der Waals surface area (Å²) in [6.07, 6.45) is 9.18. The van der Waals surface area contributed by atoms with Crippen LogP contribution in [0.4, 0.5) is 10.3 Å². The van der Waals surface area contributed by atoms with Crippen molar-refractivity contribution in [2.75, 3.05) is 18.0 Å². The van der Waals surface area contributed by atoms with Gasteiger partial charge in [-0.1, -0.05) is 0 Å². The highest BCUT2D eigenvalue weighted by atomic mass is 19.1. The molecule has 7 heteroatoms. The molecule has 1 N–H and O–H groups in total. The van der Waals surface area contributed by atoms with Crippen LogP contribution in [0.1, 0.15) is 34.5 Å². The summed E-state index contributed by atoms with van der Waals surface area (Å²) in [6.45, 7) is 1.95. The van der Waals surface area contributed by atoms with Gasteiger partial charge in [0, 0.05) is 42.5 Å². The number of hydrogen-bond acceptors (Lipinski definition) is 5. The number of fused-ring (bicyclic) bond motifs is 1. The number of rotatable bonds is 4. The van der Waals surface area contributed by atoms with E-state index >= 15 is 0 Å². The number of hydrogen-bond donors (Lipinski definition) is 1. The van der Waals surface area contributed by atoms with E-state index in [9.17, 15) is 14.3 Å². The predicted octanol–water partition coefficient (Wildman–Crippen LogP) is 3.63. The highest BCUT2D eigenvalue weighted by Gasteiger charge is 2.14. The lowest BCUT2D eigenvalue weighted by Gasteiger charge is -2.14. The quantitative estimate of drug-likeness (QED) is 0.761. The van der Waals surface area contributed by atoms with Gasteiger partial charge in [0.2, 0.25) is 5.95 Å². The van der Waals surface area contributed by atoms with Gasteiger partial charge >= 0.3 is 5.97 Å². The number of carbonyl (C=O) groups is 1. The number of pyridine rings is 1. The van der Waals surface area contributed by atoms with Crippen molar-refractivity contribution in [3.8, 4) is 0 Å². The molecule has 27 heavy (non-hydrogen) atoms. The SMILES string of the molecule is O=C(O)c1cc(C=Cc2cnc(N3CCCC3)nc2)nc2cc(F)ccc12. The number of nitrogens with zero attached hydrogens (tertiary/aromatic N) is 4. The van der Waals surface area contributed by atoms with Gasteiger partial charge in [0.05, 0.1) is 16.8 Å². The minimum atomic E-state index is -1.08. The zero-order valence-electron chi connectivity index (χ0n) is 14.5. The lowest BCUT2D eigenvalue weighted by molar-refractivity contribution is 0.0699. The normalized spacial score (nSPS) is 14.3. The summed E-state index contributed by atoms with van der Waals surface area (Å²) in [6, 6.07) is 5.36. The van der Waals surface area contributed by atoms with Crippen molar-refractivity contribution in [3.05, 3.63) is 59.3 Å². The van der Waals surface area contributed by atoms with E-state index in [1.54, 1.807) is 24.5 Å². The van der Waals surface area contributed by atoms with Gasteiger partial charge in [0.25, 0.3) is 0 Å². The van der Waals surface area contributed by atoms with Crippen LogP contribution < -0.4 is 4.90 Å². The molecule has 1 fully saturated rings. The molecule has 1 aromatic carbocycles. The van der Waals surface area contributed by atoms with Crippen LogP contribution in [0.15, 0.2) is 36.7 Å². The third-order valence-electron chi connectivity index (χ3n) is 4.52. The summed E-state index contributed by atoms with van der Waals surface area (Å²) in [4.78, 5) is 26.8. The van der Waals surface area contributed by atoms with E-state index in [1.807, 2.05) is 0 Å². The van der Waals surface area contributed by atoms with E-state index in [-0.39, 0.29) is 5.56 Å². The molecule has 6 nitrogen and oxygen atoms in total. The van der Waals surface area contributed by atoms with E-state index in [2.05, 4.69) is 19.9 Å². The molecule has 0 unspecified atom stereocenters. The second-order valence-electron chi connectivity index (χ2n) is 6.41. The Hall–Kier alpha value is -3.35. The molecule has 3 aromatic rings. The van der Waals surface area contributed by atoms with Crippen molar-refractivity contribution in [1.29, 1.82) is 0 Å². The van der Waals surface area contributed by atoms with Crippen molar-refractivity contribution >= 4 is 35.0 Å². The zero-order chi connectivity index (χ0) is 18.8.